The van der Waals surface area contributed by atoms with Crippen LogP contribution in [0.2, 0.25) is 0 Å². The van der Waals surface area contributed by atoms with Gasteiger partial charge in [0.2, 0.25) is 0 Å². The predicted molar refractivity (Wildman–Crippen MR) is 60.4 cm³/mol. The first-order valence-electron chi connectivity index (χ1n) is 5.22. The molecule has 1 heterocycles. The summed E-state index contributed by atoms with van der Waals surface area (Å²) >= 11 is 0. The molecule has 1 aromatic heterocycles. The fraction of sp³-hybridized carbons (Fsp3) is 0.455. The summed E-state index contributed by atoms with van der Waals surface area (Å²) in [6.45, 7) is 3.56. The van der Waals surface area contributed by atoms with Crippen LogP contribution in [0.1, 0.15) is 37.0 Å². The number of carboxylic acid groups (broad SMARTS) is 1. The van der Waals surface area contributed by atoms with Crippen molar-refractivity contribution in [2.24, 2.45) is 0 Å². The zero-order valence-corrected chi connectivity index (χ0v) is 9.80. The molecule has 92 valence electrons. The van der Waals surface area contributed by atoms with Crippen molar-refractivity contribution in [1.29, 1.82) is 0 Å². The van der Waals surface area contributed by atoms with Gasteiger partial charge in [-0.15, -0.1) is 0 Å². The Morgan fingerprint density at radius 1 is 1.41 bits per heavy atom. The van der Waals surface area contributed by atoms with E-state index in [0.29, 0.717) is 12.0 Å². The number of rotatable bonds is 5. The van der Waals surface area contributed by atoms with Gasteiger partial charge in [-0.2, -0.15) is 10.2 Å². The van der Waals surface area contributed by atoms with Gasteiger partial charge in [-0.1, -0.05) is 0 Å². The molecule has 1 amide bonds. The van der Waals surface area contributed by atoms with E-state index in [-0.39, 0.29) is 12.3 Å². The lowest BCUT2D eigenvalue weighted by atomic mass is 9.98. The zero-order chi connectivity index (χ0) is 12.9. The molecule has 17 heavy (non-hydrogen) atoms. The summed E-state index contributed by atoms with van der Waals surface area (Å²) in [4.78, 5) is 22.2. The Labute approximate surface area is 99.1 Å². The van der Waals surface area contributed by atoms with Gasteiger partial charge in [0, 0.05) is 12.0 Å². The number of aromatic nitrogens is 2. The molecule has 0 aliphatic heterocycles. The summed E-state index contributed by atoms with van der Waals surface area (Å²) in [5, 5.41) is 18.5. The standard InChI is InChI=1S/C11H15N3O3/c1-11(2,5-3-9(15)16)14-10(17)8-4-6-12-13-7-8/h4,6-7H,3,5H2,1-2H3,(H,14,17)(H,15,16). The van der Waals surface area contributed by atoms with Crippen molar-refractivity contribution in [3.63, 3.8) is 0 Å². The first kappa shape index (κ1) is 13.1. The van der Waals surface area contributed by atoms with E-state index in [9.17, 15) is 9.59 Å². The molecule has 0 atom stereocenters. The van der Waals surface area contributed by atoms with E-state index in [1.54, 1.807) is 19.9 Å². The molecular weight excluding hydrogens is 222 g/mol. The van der Waals surface area contributed by atoms with Gasteiger partial charge in [0.1, 0.15) is 0 Å². The summed E-state index contributed by atoms with van der Waals surface area (Å²) in [6.07, 6.45) is 3.18. The molecular formula is C11H15N3O3. The van der Waals surface area contributed by atoms with Gasteiger partial charge >= 0.3 is 5.97 Å². The smallest absolute Gasteiger partial charge is 0.303 e. The van der Waals surface area contributed by atoms with Crippen LogP contribution in [0.3, 0.4) is 0 Å². The first-order chi connectivity index (χ1) is 7.91. The quantitative estimate of drug-likeness (QED) is 0.792. The highest BCUT2D eigenvalue weighted by Gasteiger charge is 2.22. The molecule has 0 fully saturated rings. The fourth-order valence-corrected chi connectivity index (χ4v) is 1.29. The SMILES string of the molecule is CC(C)(CCC(=O)O)NC(=O)c1ccnnc1. The van der Waals surface area contributed by atoms with Gasteiger partial charge in [-0.25, -0.2) is 0 Å². The molecule has 0 aliphatic rings. The summed E-state index contributed by atoms with van der Waals surface area (Å²) < 4.78 is 0. The van der Waals surface area contributed by atoms with Crippen LogP contribution >= 0.6 is 0 Å². The van der Waals surface area contributed by atoms with Crippen LogP contribution in [-0.2, 0) is 4.79 Å². The molecule has 0 spiro atoms. The van der Waals surface area contributed by atoms with Crippen LogP contribution in [0.15, 0.2) is 18.5 Å². The number of nitrogens with one attached hydrogen (secondary N) is 1. The predicted octanol–water partition coefficient (Wildman–Crippen LogP) is 0.850. The Morgan fingerprint density at radius 2 is 2.12 bits per heavy atom. The van der Waals surface area contributed by atoms with E-state index in [1.807, 2.05) is 0 Å². The Morgan fingerprint density at radius 3 is 2.65 bits per heavy atom. The second-order valence-electron chi connectivity index (χ2n) is 4.36. The summed E-state index contributed by atoms with van der Waals surface area (Å²) in [5.74, 6) is -1.16. The minimum atomic E-state index is -0.877. The highest BCUT2D eigenvalue weighted by molar-refractivity contribution is 5.94. The van der Waals surface area contributed by atoms with Gasteiger partial charge < -0.3 is 10.4 Å². The maximum absolute atomic E-state index is 11.8. The van der Waals surface area contributed by atoms with E-state index in [4.69, 9.17) is 5.11 Å². The molecule has 0 aliphatic carbocycles. The zero-order valence-electron chi connectivity index (χ0n) is 9.80. The number of hydrogen-bond acceptors (Lipinski definition) is 4. The van der Waals surface area contributed by atoms with Gasteiger partial charge in [0.05, 0.1) is 18.0 Å². The average Bonchev–Trinajstić information content (AvgIpc) is 2.27. The number of amides is 1. The number of carbonyl (C=O) groups excluding carboxylic acids is 1. The molecule has 6 nitrogen and oxygen atoms in total. The van der Waals surface area contributed by atoms with Crippen LogP contribution in [0, 0.1) is 0 Å². The molecule has 0 saturated heterocycles. The monoisotopic (exact) mass is 237 g/mol. The Balaban J connectivity index is 2.58. The normalized spacial score (nSPS) is 10.9. The maximum Gasteiger partial charge on any atom is 0.303 e. The Bertz CT molecular complexity index is 404. The van der Waals surface area contributed by atoms with Gasteiger partial charge in [-0.05, 0) is 26.3 Å². The Kier molecular flexibility index (Phi) is 4.14. The van der Waals surface area contributed by atoms with Gasteiger partial charge in [0.15, 0.2) is 0 Å². The lowest BCUT2D eigenvalue weighted by Gasteiger charge is -2.25. The second-order valence-corrected chi connectivity index (χ2v) is 4.36. The topological polar surface area (TPSA) is 92.2 Å². The van der Waals surface area contributed by atoms with Crippen molar-refractivity contribution in [1.82, 2.24) is 15.5 Å². The fourth-order valence-electron chi connectivity index (χ4n) is 1.29. The van der Waals surface area contributed by atoms with Crippen LogP contribution in [0.25, 0.3) is 0 Å². The minimum Gasteiger partial charge on any atom is -0.481 e. The maximum atomic E-state index is 11.8. The van der Waals surface area contributed by atoms with Crippen LogP contribution in [0.4, 0.5) is 0 Å². The highest BCUT2D eigenvalue weighted by Crippen LogP contribution is 2.12. The summed E-state index contributed by atoms with van der Waals surface area (Å²) in [7, 11) is 0. The van der Waals surface area contributed by atoms with Gasteiger partial charge in [-0.3, -0.25) is 9.59 Å². The van der Waals surface area contributed by atoms with Crippen LogP contribution in [0.5, 0.6) is 0 Å². The van der Waals surface area contributed by atoms with Crippen molar-refractivity contribution in [3.05, 3.63) is 24.0 Å². The molecule has 0 unspecified atom stereocenters. The third kappa shape index (κ3) is 4.58. The largest absolute Gasteiger partial charge is 0.481 e. The van der Waals surface area contributed by atoms with Gasteiger partial charge in [0.25, 0.3) is 5.91 Å². The van der Waals surface area contributed by atoms with E-state index >= 15 is 0 Å². The molecule has 0 saturated carbocycles. The van der Waals surface area contributed by atoms with E-state index in [2.05, 4.69) is 15.5 Å². The molecule has 6 heteroatoms. The Hall–Kier alpha value is -1.98. The molecule has 2 N–H and O–H groups in total. The highest BCUT2D eigenvalue weighted by atomic mass is 16.4. The van der Waals surface area contributed by atoms with E-state index < -0.39 is 11.5 Å². The van der Waals surface area contributed by atoms with Crippen molar-refractivity contribution in [2.75, 3.05) is 0 Å². The third-order valence-electron chi connectivity index (χ3n) is 2.26. The van der Waals surface area contributed by atoms with Crippen molar-refractivity contribution in [3.8, 4) is 0 Å². The van der Waals surface area contributed by atoms with E-state index in [1.165, 1.54) is 12.4 Å². The second kappa shape index (κ2) is 5.38. The van der Waals surface area contributed by atoms with Crippen LogP contribution in [-0.4, -0.2) is 32.7 Å². The van der Waals surface area contributed by atoms with Crippen LogP contribution < -0.4 is 5.32 Å². The molecule has 0 radical (unpaired) electrons. The van der Waals surface area contributed by atoms with Crippen molar-refractivity contribution < 1.29 is 14.7 Å². The van der Waals surface area contributed by atoms with Crippen molar-refractivity contribution >= 4 is 11.9 Å². The number of aliphatic carboxylic acids is 1. The lowest BCUT2D eigenvalue weighted by Crippen LogP contribution is -2.43. The van der Waals surface area contributed by atoms with Crippen molar-refractivity contribution in [2.45, 2.75) is 32.2 Å². The average molecular weight is 237 g/mol. The third-order valence-corrected chi connectivity index (χ3v) is 2.26. The number of carboxylic acids is 1. The molecule has 1 rings (SSSR count). The van der Waals surface area contributed by atoms with E-state index in [0.717, 1.165) is 0 Å². The summed E-state index contributed by atoms with van der Waals surface area (Å²) in [6, 6.07) is 1.55. The minimum absolute atomic E-state index is 0.0157. The molecule has 0 aromatic carbocycles. The molecule has 0 bridgehead atoms. The summed E-state index contributed by atoms with van der Waals surface area (Å²) in [5.41, 5.74) is -0.165. The number of nitrogens with zero attached hydrogens (tertiary/aromatic N) is 2. The number of carbonyl (C=O) groups is 2. The molecule has 1 aromatic rings. The first-order valence-corrected chi connectivity index (χ1v) is 5.22. The lowest BCUT2D eigenvalue weighted by molar-refractivity contribution is -0.137. The number of hydrogen-bond donors (Lipinski definition) is 2.